The molecular weight excluding hydrogens is 389 g/mol. The van der Waals surface area contributed by atoms with Gasteiger partial charge in [-0.2, -0.15) is 4.98 Å². The first-order valence-electron chi connectivity index (χ1n) is 7.75. The summed E-state index contributed by atoms with van der Waals surface area (Å²) in [5.74, 6) is 0.237. The van der Waals surface area contributed by atoms with Gasteiger partial charge in [-0.15, -0.1) is 0 Å². The smallest absolute Gasteiger partial charge is 0.232 e. The first-order chi connectivity index (χ1) is 12.1. The lowest BCUT2D eigenvalue weighted by molar-refractivity contribution is -0.117. The van der Waals surface area contributed by atoms with Crippen LogP contribution >= 0.6 is 15.9 Å². The third kappa shape index (κ3) is 3.19. The molecule has 1 aliphatic heterocycles. The van der Waals surface area contributed by atoms with Crippen molar-refractivity contribution in [1.29, 1.82) is 0 Å². The van der Waals surface area contributed by atoms with Crippen molar-refractivity contribution in [2.75, 3.05) is 11.4 Å². The Hall–Kier alpha value is -2.54. The Bertz CT molecular complexity index is 943. The van der Waals surface area contributed by atoms with Crippen molar-refractivity contribution in [1.82, 2.24) is 10.1 Å². The van der Waals surface area contributed by atoms with Crippen LogP contribution in [-0.4, -0.2) is 22.6 Å². The monoisotopic (exact) mass is 401 g/mol. The van der Waals surface area contributed by atoms with Gasteiger partial charge in [0.25, 0.3) is 0 Å². The highest BCUT2D eigenvalue weighted by Crippen LogP contribution is 2.32. The van der Waals surface area contributed by atoms with Crippen LogP contribution in [0.5, 0.6) is 0 Å². The third-order valence-corrected chi connectivity index (χ3v) is 4.61. The molecule has 1 atom stereocenters. The number of hydrogen-bond acceptors (Lipinski definition) is 4. The number of nitrogens with zero attached hydrogens (tertiary/aromatic N) is 3. The molecule has 1 saturated heterocycles. The molecule has 3 aromatic rings. The molecule has 2 heterocycles. The van der Waals surface area contributed by atoms with E-state index < -0.39 is 0 Å². The quantitative estimate of drug-likeness (QED) is 0.660. The van der Waals surface area contributed by atoms with Crippen LogP contribution in [0, 0.1) is 5.82 Å². The van der Waals surface area contributed by atoms with E-state index in [4.69, 9.17) is 4.52 Å². The van der Waals surface area contributed by atoms with E-state index in [9.17, 15) is 9.18 Å². The summed E-state index contributed by atoms with van der Waals surface area (Å²) in [6.07, 6.45) is 0.261. The van der Waals surface area contributed by atoms with E-state index in [1.807, 2.05) is 24.3 Å². The first kappa shape index (κ1) is 16.0. The van der Waals surface area contributed by atoms with E-state index >= 15 is 0 Å². The van der Waals surface area contributed by atoms with Crippen molar-refractivity contribution in [2.24, 2.45) is 0 Å². The highest BCUT2D eigenvalue weighted by Gasteiger charge is 2.35. The minimum absolute atomic E-state index is 0.0854. The molecule has 0 spiro atoms. The van der Waals surface area contributed by atoms with E-state index in [2.05, 4.69) is 26.1 Å². The molecule has 0 bridgehead atoms. The van der Waals surface area contributed by atoms with Crippen LogP contribution in [0.4, 0.5) is 10.1 Å². The maximum atomic E-state index is 13.4. The summed E-state index contributed by atoms with van der Waals surface area (Å²) in [5, 5.41) is 4.01. The highest BCUT2D eigenvalue weighted by atomic mass is 79.9. The fourth-order valence-corrected chi connectivity index (χ4v) is 3.31. The maximum absolute atomic E-state index is 13.4. The van der Waals surface area contributed by atoms with Gasteiger partial charge in [0, 0.05) is 28.7 Å². The molecule has 1 aliphatic rings. The summed E-state index contributed by atoms with van der Waals surface area (Å²) in [6, 6.07) is 13.6. The topological polar surface area (TPSA) is 59.2 Å². The van der Waals surface area contributed by atoms with Crippen LogP contribution in [0.1, 0.15) is 18.2 Å². The van der Waals surface area contributed by atoms with Gasteiger partial charge in [-0.3, -0.25) is 4.79 Å². The number of halogens is 2. The number of carbonyl (C=O) groups excluding carboxylic acids is 1. The molecule has 1 unspecified atom stereocenters. The lowest BCUT2D eigenvalue weighted by atomic mass is 10.1. The normalized spacial score (nSPS) is 17.3. The number of anilines is 1. The summed E-state index contributed by atoms with van der Waals surface area (Å²) in [4.78, 5) is 18.3. The number of aromatic nitrogens is 2. The van der Waals surface area contributed by atoms with Crippen molar-refractivity contribution < 1.29 is 13.7 Å². The average molecular weight is 402 g/mol. The van der Waals surface area contributed by atoms with Gasteiger partial charge in [0.2, 0.25) is 17.6 Å². The van der Waals surface area contributed by atoms with Gasteiger partial charge in [0.1, 0.15) is 5.82 Å². The molecule has 25 heavy (non-hydrogen) atoms. The SMILES string of the molecule is O=C1CC(c2nc(-c3cccc(Br)c3)no2)CN1c1cccc(F)c1. The Morgan fingerprint density at radius 2 is 2.04 bits per heavy atom. The number of hydrogen-bond donors (Lipinski definition) is 0. The van der Waals surface area contributed by atoms with Gasteiger partial charge in [-0.25, -0.2) is 4.39 Å². The van der Waals surface area contributed by atoms with Crippen molar-refractivity contribution in [2.45, 2.75) is 12.3 Å². The molecule has 126 valence electrons. The zero-order chi connectivity index (χ0) is 17.4. The predicted molar refractivity (Wildman–Crippen MR) is 93.5 cm³/mol. The van der Waals surface area contributed by atoms with E-state index in [0.717, 1.165) is 10.0 Å². The van der Waals surface area contributed by atoms with Gasteiger partial charge in [0.15, 0.2) is 0 Å². The second kappa shape index (κ2) is 6.40. The zero-order valence-electron chi connectivity index (χ0n) is 13.0. The molecule has 1 aromatic heterocycles. The van der Waals surface area contributed by atoms with E-state index in [-0.39, 0.29) is 24.1 Å². The second-order valence-electron chi connectivity index (χ2n) is 5.85. The van der Waals surface area contributed by atoms with Crippen LogP contribution in [0.3, 0.4) is 0 Å². The van der Waals surface area contributed by atoms with Crippen LogP contribution in [-0.2, 0) is 4.79 Å². The molecule has 7 heteroatoms. The standard InChI is InChI=1S/C18H13BrFN3O2/c19-13-4-1-3-11(7-13)17-21-18(25-22-17)12-8-16(24)23(10-12)15-6-2-5-14(20)9-15/h1-7,9,12H,8,10H2. The number of amides is 1. The number of benzene rings is 2. The lowest BCUT2D eigenvalue weighted by Gasteiger charge is -2.15. The summed E-state index contributed by atoms with van der Waals surface area (Å²) in [7, 11) is 0. The molecule has 0 aliphatic carbocycles. The second-order valence-corrected chi connectivity index (χ2v) is 6.77. The minimum atomic E-state index is -0.372. The highest BCUT2D eigenvalue weighted by molar-refractivity contribution is 9.10. The van der Waals surface area contributed by atoms with E-state index in [1.165, 1.54) is 12.1 Å². The van der Waals surface area contributed by atoms with Gasteiger partial charge in [-0.05, 0) is 30.3 Å². The van der Waals surface area contributed by atoms with Gasteiger partial charge in [0.05, 0.1) is 5.92 Å². The van der Waals surface area contributed by atoms with Crippen molar-refractivity contribution >= 4 is 27.5 Å². The van der Waals surface area contributed by atoms with Gasteiger partial charge < -0.3 is 9.42 Å². The van der Waals surface area contributed by atoms with Crippen LogP contribution in [0.15, 0.2) is 57.5 Å². The van der Waals surface area contributed by atoms with Crippen LogP contribution in [0.2, 0.25) is 0 Å². The number of rotatable bonds is 3. The fourth-order valence-electron chi connectivity index (χ4n) is 2.91. The molecule has 5 nitrogen and oxygen atoms in total. The zero-order valence-corrected chi connectivity index (χ0v) is 14.6. The Labute approximate surface area is 151 Å². The van der Waals surface area contributed by atoms with Crippen LogP contribution in [0.25, 0.3) is 11.4 Å². The van der Waals surface area contributed by atoms with Gasteiger partial charge >= 0.3 is 0 Å². The molecule has 1 fully saturated rings. The largest absolute Gasteiger partial charge is 0.339 e. The fraction of sp³-hybridized carbons (Fsp3) is 0.167. The molecule has 0 saturated carbocycles. The molecular formula is C18H13BrFN3O2. The maximum Gasteiger partial charge on any atom is 0.232 e. The molecule has 0 N–H and O–H groups in total. The summed E-state index contributed by atoms with van der Waals surface area (Å²) in [6.45, 7) is 0.391. The van der Waals surface area contributed by atoms with Gasteiger partial charge in [-0.1, -0.05) is 39.3 Å². The molecule has 0 radical (unpaired) electrons. The molecule has 1 amide bonds. The van der Waals surface area contributed by atoms with Crippen molar-refractivity contribution in [3.05, 3.63) is 64.7 Å². The Morgan fingerprint density at radius 3 is 2.84 bits per heavy atom. The first-order valence-corrected chi connectivity index (χ1v) is 8.55. The molecule has 4 rings (SSSR count). The summed E-state index contributed by atoms with van der Waals surface area (Å²) in [5.41, 5.74) is 1.37. The predicted octanol–water partition coefficient (Wildman–Crippen LogP) is 4.16. The van der Waals surface area contributed by atoms with E-state index in [0.29, 0.717) is 23.9 Å². The summed E-state index contributed by atoms with van der Waals surface area (Å²) >= 11 is 3.41. The lowest BCUT2D eigenvalue weighted by Crippen LogP contribution is -2.24. The molecule has 2 aromatic carbocycles. The number of carbonyl (C=O) groups is 1. The van der Waals surface area contributed by atoms with Crippen LogP contribution < -0.4 is 4.90 Å². The average Bonchev–Trinajstić information content (AvgIpc) is 3.21. The third-order valence-electron chi connectivity index (χ3n) is 4.12. The summed E-state index contributed by atoms with van der Waals surface area (Å²) < 4.78 is 19.7. The Balaban J connectivity index is 1.57. The Morgan fingerprint density at radius 1 is 1.20 bits per heavy atom. The minimum Gasteiger partial charge on any atom is -0.339 e. The van der Waals surface area contributed by atoms with Crippen molar-refractivity contribution in [3.63, 3.8) is 0 Å². The van der Waals surface area contributed by atoms with E-state index in [1.54, 1.807) is 17.0 Å². The Kier molecular flexibility index (Phi) is 4.09. The van der Waals surface area contributed by atoms with Crippen molar-refractivity contribution in [3.8, 4) is 11.4 Å².